The van der Waals surface area contributed by atoms with Crippen molar-refractivity contribution >= 4 is 10.8 Å². The lowest BCUT2D eigenvalue weighted by Crippen LogP contribution is -2.25. The number of hydrogen-bond donors (Lipinski definition) is 0. The third kappa shape index (κ3) is 2.34. The largest absolute Gasteiger partial charge is 0.0725 e. The summed E-state index contributed by atoms with van der Waals surface area (Å²) in [5.41, 5.74) is 14.6. The van der Waals surface area contributed by atoms with Gasteiger partial charge in [0.15, 0.2) is 0 Å². The van der Waals surface area contributed by atoms with Gasteiger partial charge in [0.05, 0.1) is 5.41 Å². The molecule has 0 radical (unpaired) electrons. The summed E-state index contributed by atoms with van der Waals surface area (Å²) in [6.07, 6.45) is 0. The van der Waals surface area contributed by atoms with Gasteiger partial charge in [0.2, 0.25) is 0 Å². The maximum Gasteiger partial charge on any atom is 0.0725 e. The van der Waals surface area contributed by atoms with E-state index in [2.05, 4.69) is 134 Å². The summed E-state index contributed by atoms with van der Waals surface area (Å²) in [5, 5.41) is 2.64. The first-order chi connectivity index (χ1) is 17.8. The van der Waals surface area contributed by atoms with Crippen molar-refractivity contribution in [3.63, 3.8) is 0 Å². The quantitative estimate of drug-likeness (QED) is 0.231. The Morgan fingerprint density at radius 1 is 0.389 bits per heavy atom. The van der Waals surface area contributed by atoms with Crippen molar-refractivity contribution in [1.29, 1.82) is 0 Å². The molecular weight excluding hydrogens is 432 g/mol. The molecule has 36 heavy (non-hydrogen) atoms. The molecule has 6 aromatic rings. The molecule has 8 rings (SSSR count). The fraction of sp³-hybridized carbons (Fsp3) is 0.0556. The first-order valence-corrected chi connectivity index (χ1v) is 12.7. The van der Waals surface area contributed by atoms with Gasteiger partial charge in [0, 0.05) is 0 Å². The van der Waals surface area contributed by atoms with E-state index in [4.69, 9.17) is 0 Å². The van der Waals surface area contributed by atoms with Crippen molar-refractivity contribution in [3.8, 4) is 33.4 Å². The Bertz CT molecular complexity index is 1790. The normalized spacial score (nSPS) is 13.9. The average molecular weight is 457 g/mol. The van der Waals surface area contributed by atoms with Gasteiger partial charge in [-0.3, -0.25) is 0 Å². The van der Waals surface area contributed by atoms with E-state index in [9.17, 15) is 0 Å². The molecule has 0 N–H and O–H groups in total. The van der Waals surface area contributed by atoms with Gasteiger partial charge in [0.25, 0.3) is 0 Å². The molecular formula is C36H24. The minimum Gasteiger partial charge on any atom is -0.0619 e. The van der Waals surface area contributed by atoms with Gasteiger partial charge in [-0.15, -0.1) is 0 Å². The molecule has 0 bridgehead atoms. The van der Waals surface area contributed by atoms with Crippen molar-refractivity contribution in [2.24, 2.45) is 0 Å². The second kappa shape index (κ2) is 7.06. The van der Waals surface area contributed by atoms with E-state index in [1.54, 1.807) is 0 Å². The van der Waals surface area contributed by atoms with Crippen LogP contribution in [0.2, 0.25) is 0 Å². The summed E-state index contributed by atoms with van der Waals surface area (Å²) in [5.74, 6) is 0. The van der Waals surface area contributed by atoms with Crippen LogP contribution in [0, 0.1) is 6.92 Å². The zero-order valence-corrected chi connectivity index (χ0v) is 20.1. The lowest BCUT2D eigenvalue weighted by molar-refractivity contribution is 0.794. The van der Waals surface area contributed by atoms with Gasteiger partial charge in [-0.1, -0.05) is 121 Å². The lowest BCUT2D eigenvalue weighted by Gasteiger charge is -2.30. The van der Waals surface area contributed by atoms with Gasteiger partial charge in [-0.05, 0) is 85.0 Å². The van der Waals surface area contributed by atoms with Crippen molar-refractivity contribution in [1.82, 2.24) is 0 Å². The van der Waals surface area contributed by atoms with Crippen LogP contribution in [0.25, 0.3) is 44.2 Å². The van der Waals surface area contributed by atoms with Crippen LogP contribution in [0.4, 0.5) is 0 Å². The van der Waals surface area contributed by atoms with Crippen molar-refractivity contribution in [3.05, 3.63) is 155 Å². The summed E-state index contributed by atoms with van der Waals surface area (Å²) in [6, 6.07) is 47.5. The van der Waals surface area contributed by atoms with Crippen LogP contribution >= 0.6 is 0 Å². The molecule has 1 spiro atoms. The molecule has 0 heterocycles. The van der Waals surface area contributed by atoms with Crippen LogP contribution in [0.15, 0.2) is 127 Å². The molecule has 168 valence electrons. The first-order valence-electron chi connectivity index (χ1n) is 12.7. The molecule has 0 aliphatic heterocycles. The zero-order chi connectivity index (χ0) is 23.9. The Morgan fingerprint density at radius 3 is 1.47 bits per heavy atom. The standard InChI is InChI=1S/C36H24/c1-23-18-20-26(27-11-3-2-10-25(23)27)24-19-21-31-30-14-6-9-17-34(30)36(35(31)22-24)32-15-7-4-12-28(32)29-13-5-8-16-33(29)36/h2-22H,1H3. The zero-order valence-electron chi connectivity index (χ0n) is 20.1. The number of rotatable bonds is 1. The van der Waals surface area contributed by atoms with Crippen molar-refractivity contribution < 1.29 is 0 Å². The van der Waals surface area contributed by atoms with Crippen LogP contribution in [0.1, 0.15) is 27.8 Å². The first kappa shape index (κ1) is 19.8. The topological polar surface area (TPSA) is 0 Å². The number of hydrogen-bond acceptors (Lipinski definition) is 0. The molecule has 2 aliphatic rings. The van der Waals surface area contributed by atoms with Crippen LogP contribution in [0.5, 0.6) is 0 Å². The number of fused-ring (bicyclic) bond motifs is 11. The summed E-state index contributed by atoms with van der Waals surface area (Å²) in [7, 11) is 0. The van der Waals surface area contributed by atoms with E-state index in [1.807, 2.05) is 0 Å². The molecule has 0 heteroatoms. The Morgan fingerprint density at radius 2 is 0.861 bits per heavy atom. The highest BCUT2D eigenvalue weighted by Crippen LogP contribution is 2.63. The summed E-state index contributed by atoms with van der Waals surface area (Å²) in [4.78, 5) is 0. The lowest BCUT2D eigenvalue weighted by atomic mass is 9.70. The van der Waals surface area contributed by atoms with Crippen LogP contribution in [-0.2, 0) is 5.41 Å². The molecule has 0 atom stereocenters. The van der Waals surface area contributed by atoms with Crippen molar-refractivity contribution in [2.45, 2.75) is 12.3 Å². The van der Waals surface area contributed by atoms with Gasteiger partial charge in [-0.25, -0.2) is 0 Å². The summed E-state index contributed by atoms with van der Waals surface area (Å²) < 4.78 is 0. The maximum atomic E-state index is 2.48. The summed E-state index contributed by atoms with van der Waals surface area (Å²) in [6.45, 7) is 2.20. The van der Waals surface area contributed by atoms with E-state index in [0.717, 1.165) is 0 Å². The third-order valence-electron chi connectivity index (χ3n) is 8.45. The van der Waals surface area contributed by atoms with Crippen LogP contribution in [-0.4, -0.2) is 0 Å². The Labute approximate surface area is 211 Å². The highest BCUT2D eigenvalue weighted by molar-refractivity contribution is 6.00. The minimum atomic E-state index is -0.296. The number of aryl methyl sites for hydroxylation is 1. The van der Waals surface area contributed by atoms with Gasteiger partial charge < -0.3 is 0 Å². The van der Waals surface area contributed by atoms with E-state index in [1.165, 1.54) is 72.0 Å². The molecule has 2 aliphatic carbocycles. The monoisotopic (exact) mass is 456 g/mol. The fourth-order valence-electron chi connectivity index (χ4n) is 6.96. The van der Waals surface area contributed by atoms with E-state index >= 15 is 0 Å². The smallest absolute Gasteiger partial charge is 0.0619 e. The SMILES string of the molecule is Cc1ccc(-c2ccc3c(c2)C2(c4ccccc4-c4ccccc42)c2ccccc2-3)c2ccccc12. The predicted octanol–water partition coefficient (Wildman–Crippen LogP) is 9.16. The fourth-order valence-corrected chi connectivity index (χ4v) is 6.96. The van der Waals surface area contributed by atoms with Crippen molar-refractivity contribution in [2.75, 3.05) is 0 Å². The molecule has 0 unspecified atom stereocenters. The summed E-state index contributed by atoms with van der Waals surface area (Å²) >= 11 is 0. The van der Waals surface area contributed by atoms with Crippen LogP contribution in [0.3, 0.4) is 0 Å². The molecule has 0 saturated carbocycles. The Kier molecular flexibility index (Phi) is 3.89. The maximum absolute atomic E-state index is 2.48. The molecule has 0 aromatic heterocycles. The van der Waals surface area contributed by atoms with E-state index < -0.39 is 0 Å². The highest BCUT2D eigenvalue weighted by atomic mass is 14.5. The Hall–Kier alpha value is -4.42. The van der Waals surface area contributed by atoms with Crippen LogP contribution < -0.4 is 0 Å². The molecule has 0 saturated heterocycles. The van der Waals surface area contributed by atoms with Gasteiger partial charge >= 0.3 is 0 Å². The van der Waals surface area contributed by atoms with E-state index in [0.29, 0.717) is 0 Å². The number of benzene rings is 6. The van der Waals surface area contributed by atoms with E-state index in [-0.39, 0.29) is 5.41 Å². The molecule has 6 aromatic carbocycles. The highest BCUT2D eigenvalue weighted by Gasteiger charge is 2.51. The Balaban J connectivity index is 1.50. The molecule has 0 fully saturated rings. The van der Waals surface area contributed by atoms with Gasteiger partial charge in [0.1, 0.15) is 0 Å². The molecule has 0 nitrogen and oxygen atoms in total. The predicted molar refractivity (Wildman–Crippen MR) is 150 cm³/mol. The second-order valence-electron chi connectivity index (χ2n) is 10.1. The minimum absolute atomic E-state index is 0.296. The average Bonchev–Trinajstić information content (AvgIpc) is 3.41. The molecule has 0 amide bonds. The third-order valence-corrected chi connectivity index (χ3v) is 8.45. The second-order valence-corrected chi connectivity index (χ2v) is 10.1. The van der Waals surface area contributed by atoms with Gasteiger partial charge in [-0.2, -0.15) is 0 Å².